The first-order valence-electron chi connectivity index (χ1n) is 16.8. The maximum atomic E-state index is 4.09. The topological polar surface area (TPSA) is 0 Å². The Morgan fingerprint density at radius 1 is 0.545 bits per heavy atom. The molecule has 1 aliphatic carbocycles. The van der Waals surface area contributed by atoms with Gasteiger partial charge in [-0.2, -0.15) is 0 Å². The highest BCUT2D eigenvalue weighted by atomic mass is 14.5. The van der Waals surface area contributed by atoms with E-state index in [2.05, 4.69) is 143 Å². The molecule has 0 heterocycles. The molecule has 0 spiro atoms. The summed E-state index contributed by atoms with van der Waals surface area (Å²) in [5.74, 6) is 0. The molecule has 6 rings (SSSR count). The van der Waals surface area contributed by atoms with E-state index in [9.17, 15) is 0 Å². The summed E-state index contributed by atoms with van der Waals surface area (Å²) in [4.78, 5) is 0. The van der Waals surface area contributed by atoms with Gasteiger partial charge >= 0.3 is 0 Å². The van der Waals surface area contributed by atoms with Crippen LogP contribution < -0.4 is 0 Å². The fraction of sp³-hybridized carbons (Fsp3) is 0.273. The second-order valence-electron chi connectivity index (χ2n) is 12.4. The molecule has 0 aromatic heterocycles. The quantitative estimate of drug-likeness (QED) is 0.109. The van der Waals surface area contributed by atoms with Crippen molar-refractivity contribution in [2.24, 2.45) is 0 Å². The summed E-state index contributed by atoms with van der Waals surface area (Å²) in [7, 11) is 0. The smallest absolute Gasteiger partial charge is 0.0464 e. The Morgan fingerprint density at radius 3 is 1.52 bits per heavy atom. The predicted molar refractivity (Wildman–Crippen MR) is 191 cm³/mol. The van der Waals surface area contributed by atoms with E-state index in [0.717, 1.165) is 44.9 Å². The molecule has 0 amide bonds. The Labute approximate surface area is 265 Å². The van der Waals surface area contributed by atoms with Crippen LogP contribution >= 0.6 is 0 Å². The second-order valence-corrected chi connectivity index (χ2v) is 12.4. The van der Waals surface area contributed by atoms with Gasteiger partial charge in [0.1, 0.15) is 0 Å². The Kier molecular flexibility index (Phi) is 8.72. The van der Waals surface area contributed by atoms with E-state index in [1.54, 1.807) is 0 Å². The molecular formula is C44H46. The van der Waals surface area contributed by atoms with Crippen molar-refractivity contribution in [3.8, 4) is 33.4 Å². The van der Waals surface area contributed by atoms with Crippen molar-refractivity contribution < 1.29 is 0 Å². The van der Waals surface area contributed by atoms with Gasteiger partial charge in [0, 0.05) is 5.41 Å². The van der Waals surface area contributed by atoms with Crippen LogP contribution in [-0.4, -0.2) is 0 Å². The normalized spacial score (nSPS) is 13.0. The minimum atomic E-state index is -0.232. The van der Waals surface area contributed by atoms with E-state index in [4.69, 9.17) is 0 Å². The largest absolute Gasteiger partial charge is 0.103 e. The number of hydrogen-bond acceptors (Lipinski definition) is 0. The zero-order chi connectivity index (χ0) is 30.7. The van der Waals surface area contributed by atoms with Crippen LogP contribution in [0.4, 0.5) is 0 Å². The lowest BCUT2D eigenvalue weighted by molar-refractivity contribution is 0.548. The summed E-state index contributed by atoms with van der Waals surface area (Å²) in [6.07, 6.45) is 9.37. The van der Waals surface area contributed by atoms with Crippen molar-refractivity contribution in [3.05, 3.63) is 155 Å². The Bertz CT molecular complexity index is 1680. The SMILES string of the molecule is C=CCCCC1(c2ccccc2)c2cc(-c3cc(CC)ccc3CC)ccc2-c2ccc(-c3cc(CC)ccc3CC)cc21. The molecule has 0 N–H and O–H groups in total. The van der Waals surface area contributed by atoms with Crippen molar-refractivity contribution in [1.82, 2.24) is 0 Å². The molecule has 0 fully saturated rings. The third-order valence-electron chi connectivity index (χ3n) is 10.0. The lowest BCUT2D eigenvalue weighted by Gasteiger charge is -2.34. The third-order valence-corrected chi connectivity index (χ3v) is 10.0. The number of benzene rings is 5. The minimum Gasteiger partial charge on any atom is -0.103 e. The van der Waals surface area contributed by atoms with Gasteiger partial charge in [-0.15, -0.1) is 6.58 Å². The molecule has 5 aromatic carbocycles. The number of hydrogen-bond donors (Lipinski definition) is 0. The summed E-state index contributed by atoms with van der Waals surface area (Å²) in [6.45, 7) is 13.1. The number of rotatable bonds is 11. The zero-order valence-electron chi connectivity index (χ0n) is 27.0. The maximum Gasteiger partial charge on any atom is 0.0464 e. The molecule has 0 unspecified atom stereocenters. The van der Waals surface area contributed by atoms with Crippen molar-refractivity contribution in [3.63, 3.8) is 0 Å². The number of fused-ring (bicyclic) bond motifs is 3. The van der Waals surface area contributed by atoms with E-state index >= 15 is 0 Å². The van der Waals surface area contributed by atoms with Crippen LogP contribution in [0.5, 0.6) is 0 Å². The second kappa shape index (κ2) is 12.8. The average molecular weight is 575 g/mol. The van der Waals surface area contributed by atoms with Gasteiger partial charge in [-0.05, 0) is 129 Å². The molecular weight excluding hydrogens is 528 g/mol. The predicted octanol–water partition coefficient (Wildman–Crippen LogP) is 11.9. The molecule has 44 heavy (non-hydrogen) atoms. The van der Waals surface area contributed by atoms with Gasteiger partial charge in [0.2, 0.25) is 0 Å². The summed E-state index contributed by atoms with van der Waals surface area (Å²) in [6, 6.07) is 40.1. The molecule has 0 bridgehead atoms. The molecule has 1 aliphatic rings. The van der Waals surface area contributed by atoms with Crippen LogP contribution in [0, 0.1) is 0 Å². The molecule has 5 aromatic rings. The van der Waals surface area contributed by atoms with E-state index in [-0.39, 0.29) is 5.41 Å². The zero-order valence-corrected chi connectivity index (χ0v) is 27.0. The van der Waals surface area contributed by atoms with Gasteiger partial charge in [-0.25, -0.2) is 0 Å². The molecule has 0 atom stereocenters. The van der Waals surface area contributed by atoms with Crippen molar-refractivity contribution in [2.75, 3.05) is 0 Å². The standard InChI is InChI=1S/C44H46/c1-6-11-15-26-44(37-16-13-12-14-17-37)42-29-35(40-27-31(7-2)18-20-33(40)9-4)22-24-38(42)39-25-23-36(30-43(39)44)41-28-32(8-3)19-21-34(41)10-5/h6,12-14,16-25,27-30H,1,7-11,15,26H2,2-5H3. The van der Waals surface area contributed by atoms with Crippen LogP contribution in [0.2, 0.25) is 0 Å². The molecule has 0 radical (unpaired) electrons. The highest BCUT2D eigenvalue weighted by Gasteiger charge is 2.44. The van der Waals surface area contributed by atoms with Crippen LogP contribution in [0.3, 0.4) is 0 Å². The van der Waals surface area contributed by atoms with Gasteiger partial charge in [-0.1, -0.05) is 125 Å². The van der Waals surface area contributed by atoms with E-state index in [1.165, 1.54) is 72.3 Å². The lowest BCUT2D eigenvalue weighted by atomic mass is 9.68. The highest BCUT2D eigenvalue weighted by molar-refractivity contribution is 5.88. The van der Waals surface area contributed by atoms with E-state index < -0.39 is 0 Å². The lowest BCUT2D eigenvalue weighted by Crippen LogP contribution is -2.27. The molecule has 222 valence electrons. The minimum absolute atomic E-state index is 0.232. The average Bonchev–Trinajstić information content (AvgIpc) is 3.37. The summed E-state index contributed by atoms with van der Waals surface area (Å²) in [5, 5.41) is 0. The monoisotopic (exact) mass is 574 g/mol. The van der Waals surface area contributed by atoms with Gasteiger partial charge in [0.25, 0.3) is 0 Å². The highest BCUT2D eigenvalue weighted by Crippen LogP contribution is 2.56. The van der Waals surface area contributed by atoms with Crippen LogP contribution in [-0.2, 0) is 31.1 Å². The molecule has 0 saturated carbocycles. The summed E-state index contributed by atoms with van der Waals surface area (Å²) in [5.41, 5.74) is 17.8. The number of unbranched alkanes of at least 4 members (excludes halogenated alkanes) is 1. The van der Waals surface area contributed by atoms with Gasteiger partial charge < -0.3 is 0 Å². The summed E-state index contributed by atoms with van der Waals surface area (Å²) >= 11 is 0. The first kappa shape index (κ1) is 29.9. The Morgan fingerprint density at radius 2 is 1.07 bits per heavy atom. The van der Waals surface area contributed by atoms with Gasteiger partial charge in [-0.3, -0.25) is 0 Å². The maximum absolute atomic E-state index is 4.09. The molecule has 0 heteroatoms. The first-order chi connectivity index (χ1) is 21.6. The first-order valence-corrected chi connectivity index (χ1v) is 16.8. The van der Waals surface area contributed by atoms with Crippen LogP contribution in [0.1, 0.15) is 85.9 Å². The molecule has 0 aliphatic heterocycles. The van der Waals surface area contributed by atoms with Crippen molar-refractivity contribution in [1.29, 1.82) is 0 Å². The number of allylic oxidation sites excluding steroid dienone is 1. The summed E-state index contributed by atoms with van der Waals surface area (Å²) < 4.78 is 0. The molecule has 0 saturated heterocycles. The van der Waals surface area contributed by atoms with E-state index in [1.807, 2.05) is 0 Å². The Balaban J connectivity index is 1.63. The van der Waals surface area contributed by atoms with Gasteiger partial charge in [0.05, 0.1) is 0 Å². The molecule has 0 nitrogen and oxygen atoms in total. The fourth-order valence-electron chi connectivity index (χ4n) is 7.54. The third kappa shape index (κ3) is 5.15. The van der Waals surface area contributed by atoms with Gasteiger partial charge in [0.15, 0.2) is 0 Å². The van der Waals surface area contributed by atoms with Crippen LogP contribution in [0.25, 0.3) is 33.4 Å². The Hall–Kier alpha value is -4.16. The van der Waals surface area contributed by atoms with E-state index in [0.29, 0.717) is 0 Å². The van der Waals surface area contributed by atoms with Crippen molar-refractivity contribution >= 4 is 0 Å². The fourth-order valence-corrected chi connectivity index (χ4v) is 7.54. The number of aryl methyl sites for hydroxylation is 4. The van der Waals surface area contributed by atoms with Crippen molar-refractivity contribution in [2.45, 2.75) is 78.1 Å². The van der Waals surface area contributed by atoms with Crippen LogP contribution in [0.15, 0.2) is 116 Å².